The zero-order valence-electron chi connectivity index (χ0n) is 13.5. The molecular formula is C16H23N3O2S. The molecule has 2 aromatic heterocycles. The summed E-state index contributed by atoms with van der Waals surface area (Å²) in [7, 11) is 0. The van der Waals surface area contributed by atoms with Crippen molar-refractivity contribution in [3.63, 3.8) is 0 Å². The van der Waals surface area contributed by atoms with Crippen LogP contribution in [0.1, 0.15) is 31.0 Å². The third kappa shape index (κ3) is 4.40. The second kappa shape index (κ2) is 7.54. The standard InChI is InChI=1S/C16H23N3O2S/c1-11(2)9-19-13(4)12(3)18-16(19)22-10-15(20)17-8-14-6-5-7-21-14/h5-7,11H,8-10H2,1-4H3,(H,17,20). The van der Waals surface area contributed by atoms with Gasteiger partial charge in [0.2, 0.25) is 5.91 Å². The van der Waals surface area contributed by atoms with Crippen molar-refractivity contribution in [2.45, 2.75) is 45.9 Å². The Balaban J connectivity index is 1.90. The van der Waals surface area contributed by atoms with Crippen molar-refractivity contribution in [2.24, 2.45) is 5.92 Å². The van der Waals surface area contributed by atoms with Gasteiger partial charge in [-0.3, -0.25) is 4.79 Å². The molecule has 0 aromatic carbocycles. The number of imidazole rings is 1. The van der Waals surface area contributed by atoms with E-state index in [1.54, 1.807) is 6.26 Å². The number of carbonyl (C=O) groups excluding carboxylic acids is 1. The summed E-state index contributed by atoms with van der Waals surface area (Å²) in [5.41, 5.74) is 2.20. The number of thioether (sulfide) groups is 1. The maximum absolute atomic E-state index is 11.9. The summed E-state index contributed by atoms with van der Waals surface area (Å²) >= 11 is 1.48. The van der Waals surface area contributed by atoms with Crippen LogP contribution < -0.4 is 5.32 Å². The molecule has 5 nitrogen and oxygen atoms in total. The summed E-state index contributed by atoms with van der Waals surface area (Å²) in [6.07, 6.45) is 1.60. The maximum atomic E-state index is 11.9. The molecule has 0 radical (unpaired) electrons. The Kier molecular flexibility index (Phi) is 5.71. The molecule has 6 heteroatoms. The zero-order chi connectivity index (χ0) is 16.1. The molecule has 0 saturated heterocycles. The van der Waals surface area contributed by atoms with Crippen molar-refractivity contribution in [1.29, 1.82) is 0 Å². The SMILES string of the molecule is Cc1nc(SCC(=O)NCc2ccco2)n(CC(C)C)c1C. The van der Waals surface area contributed by atoms with E-state index in [1.165, 1.54) is 17.5 Å². The molecule has 2 aromatic rings. The number of hydrogen-bond donors (Lipinski definition) is 1. The van der Waals surface area contributed by atoms with Gasteiger partial charge in [-0.25, -0.2) is 4.98 Å². The van der Waals surface area contributed by atoms with Gasteiger partial charge in [0, 0.05) is 12.2 Å². The van der Waals surface area contributed by atoms with Crippen LogP contribution in [0.3, 0.4) is 0 Å². The number of amides is 1. The minimum absolute atomic E-state index is 0.0178. The predicted octanol–water partition coefficient (Wildman–Crippen LogP) is 3.16. The van der Waals surface area contributed by atoms with Crippen molar-refractivity contribution in [3.05, 3.63) is 35.5 Å². The van der Waals surface area contributed by atoms with E-state index in [-0.39, 0.29) is 5.91 Å². The van der Waals surface area contributed by atoms with Gasteiger partial charge >= 0.3 is 0 Å². The fraction of sp³-hybridized carbons (Fsp3) is 0.500. The van der Waals surface area contributed by atoms with Crippen LogP contribution in [-0.2, 0) is 17.9 Å². The van der Waals surface area contributed by atoms with Crippen LogP contribution in [0.25, 0.3) is 0 Å². The number of carbonyl (C=O) groups is 1. The quantitative estimate of drug-likeness (QED) is 0.796. The van der Waals surface area contributed by atoms with Crippen LogP contribution in [0.2, 0.25) is 0 Å². The van der Waals surface area contributed by atoms with Crippen molar-refractivity contribution in [3.8, 4) is 0 Å². The molecule has 1 N–H and O–H groups in total. The molecule has 0 atom stereocenters. The van der Waals surface area contributed by atoms with E-state index in [4.69, 9.17) is 4.42 Å². The first-order valence-corrected chi connectivity index (χ1v) is 8.41. The molecule has 0 fully saturated rings. The normalized spacial score (nSPS) is 11.1. The average Bonchev–Trinajstić information content (AvgIpc) is 3.06. The highest BCUT2D eigenvalue weighted by Crippen LogP contribution is 2.22. The van der Waals surface area contributed by atoms with E-state index in [1.807, 2.05) is 19.1 Å². The van der Waals surface area contributed by atoms with Gasteiger partial charge in [0.25, 0.3) is 0 Å². The maximum Gasteiger partial charge on any atom is 0.230 e. The fourth-order valence-corrected chi connectivity index (χ4v) is 3.02. The Bertz CT molecular complexity index is 618. The minimum atomic E-state index is -0.0178. The Morgan fingerprint density at radius 3 is 2.86 bits per heavy atom. The molecule has 0 unspecified atom stereocenters. The topological polar surface area (TPSA) is 60.1 Å². The lowest BCUT2D eigenvalue weighted by atomic mass is 10.2. The Labute approximate surface area is 135 Å². The van der Waals surface area contributed by atoms with Crippen LogP contribution in [-0.4, -0.2) is 21.2 Å². The van der Waals surface area contributed by atoms with Gasteiger partial charge < -0.3 is 14.3 Å². The summed E-state index contributed by atoms with van der Waals surface area (Å²) in [5, 5.41) is 3.76. The molecule has 0 saturated carbocycles. The number of aromatic nitrogens is 2. The first kappa shape index (κ1) is 16.7. The van der Waals surface area contributed by atoms with Crippen LogP contribution in [0.5, 0.6) is 0 Å². The van der Waals surface area contributed by atoms with Gasteiger partial charge in [0.1, 0.15) is 5.76 Å². The predicted molar refractivity (Wildman–Crippen MR) is 87.8 cm³/mol. The van der Waals surface area contributed by atoms with Gasteiger partial charge in [0.15, 0.2) is 5.16 Å². The van der Waals surface area contributed by atoms with Crippen molar-refractivity contribution in [2.75, 3.05) is 5.75 Å². The third-order valence-corrected chi connectivity index (χ3v) is 4.32. The first-order valence-electron chi connectivity index (χ1n) is 7.43. The largest absolute Gasteiger partial charge is 0.467 e. The third-order valence-electron chi connectivity index (χ3n) is 3.34. The second-order valence-electron chi connectivity index (χ2n) is 5.71. The molecule has 120 valence electrons. The van der Waals surface area contributed by atoms with E-state index in [0.717, 1.165) is 23.2 Å². The number of furan rings is 1. The molecular weight excluding hydrogens is 298 g/mol. The number of rotatable bonds is 7. The monoisotopic (exact) mass is 321 g/mol. The zero-order valence-corrected chi connectivity index (χ0v) is 14.4. The lowest BCUT2D eigenvalue weighted by Crippen LogP contribution is -2.24. The Morgan fingerprint density at radius 2 is 2.23 bits per heavy atom. The number of nitrogens with one attached hydrogen (secondary N) is 1. The van der Waals surface area contributed by atoms with E-state index >= 15 is 0 Å². The molecule has 2 heterocycles. The van der Waals surface area contributed by atoms with Crippen LogP contribution in [0, 0.1) is 19.8 Å². The number of nitrogens with zero attached hydrogens (tertiary/aromatic N) is 2. The Morgan fingerprint density at radius 1 is 1.45 bits per heavy atom. The molecule has 0 aliphatic carbocycles. The van der Waals surface area contributed by atoms with Gasteiger partial charge in [0.05, 0.1) is 24.3 Å². The smallest absolute Gasteiger partial charge is 0.230 e. The van der Waals surface area contributed by atoms with E-state index < -0.39 is 0 Å². The molecule has 22 heavy (non-hydrogen) atoms. The first-order chi connectivity index (χ1) is 10.5. The Hall–Kier alpha value is -1.69. The summed E-state index contributed by atoms with van der Waals surface area (Å²) in [4.78, 5) is 16.5. The molecule has 2 rings (SSSR count). The molecule has 0 bridgehead atoms. The molecule has 0 spiro atoms. The van der Waals surface area contributed by atoms with Crippen molar-refractivity contribution < 1.29 is 9.21 Å². The highest BCUT2D eigenvalue weighted by Gasteiger charge is 2.14. The van der Waals surface area contributed by atoms with Gasteiger partial charge in [-0.15, -0.1) is 0 Å². The van der Waals surface area contributed by atoms with Crippen LogP contribution >= 0.6 is 11.8 Å². The summed E-state index contributed by atoms with van der Waals surface area (Å²) in [6.45, 7) is 9.78. The fourth-order valence-electron chi connectivity index (χ4n) is 2.09. The lowest BCUT2D eigenvalue weighted by Gasteiger charge is -2.12. The average molecular weight is 321 g/mol. The minimum Gasteiger partial charge on any atom is -0.467 e. The van der Waals surface area contributed by atoms with Crippen LogP contribution in [0.15, 0.2) is 28.0 Å². The van der Waals surface area contributed by atoms with Gasteiger partial charge in [-0.1, -0.05) is 25.6 Å². The highest BCUT2D eigenvalue weighted by molar-refractivity contribution is 7.99. The van der Waals surface area contributed by atoms with E-state index in [9.17, 15) is 4.79 Å². The highest BCUT2D eigenvalue weighted by atomic mass is 32.2. The number of aryl methyl sites for hydroxylation is 1. The van der Waals surface area contributed by atoms with E-state index in [2.05, 4.69) is 35.6 Å². The summed E-state index contributed by atoms with van der Waals surface area (Å²) in [6, 6.07) is 3.65. The number of hydrogen-bond acceptors (Lipinski definition) is 4. The van der Waals surface area contributed by atoms with Gasteiger partial charge in [-0.2, -0.15) is 0 Å². The summed E-state index contributed by atoms with van der Waals surface area (Å²) in [5.74, 6) is 1.64. The van der Waals surface area contributed by atoms with Crippen molar-refractivity contribution in [1.82, 2.24) is 14.9 Å². The molecule has 0 aliphatic heterocycles. The van der Waals surface area contributed by atoms with Crippen molar-refractivity contribution >= 4 is 17.7 Å². The second-order valence-corrected chi connectivity index (χ2v) is 6.66. The van der Waals surface area contributed by atoms with E-state index in [0.29, 0.717) is 18.2 Å². The molecule has 0 aliphatic rings. The van der Waals surface area contributed by atoms with Gasteiger partial charge in [-0.05, 0) is 31.9 Å². The summed E-state index contributed by atoms with van der Waals surface area (Å²) < 4.78 is 7.39. The van der Waals surface area contributed by atoms with Crippen LogP contribution in [0.4, 0.5) is 0 Å². The molecule has 1 amide bonds. The lowest BCUT2D eigenvalue weighted by molar-refractivity contribution is -0.118.